The van der Waals surface area contributed by atoms with E-state index in [4.69, 9.17) is 27.9 Å². The Balaban J connectivity index is 1.83. The van der Waals surface area contributed by atoms with E-state index in [0.717, 1.165) is 15.8 Å². The summed E-state index contributed by atoms with van der Waals surface area (Å²) in [5, 5.41) is 9.80. The minimum atomic E-state index is -0.243. The third-order valence-electron chi connectivity index (χ3n) is 5.07. The average molecular weight is 451 g/mol. The Labute approximate surface area is 172 Å². The van der Waals surface area contributed by atoms with Gasteiger partial charge in [-0.05, 0) is 59.2 Å². The minimum absolute atomic E-state index is 0.0159. The number of benzene rings is 2. The summed E-state index contributed by atoms with van der Waals surface area (Å²) in [6, 6.07) is 17.8. The highest BCUT2D eigenvalue weighted by atomic mass is 79.9. The van der Waals surface area contributed by atoms with E-state index in [0.29, 0.717) is 5.75 Å². The quantitative estimate of drug-likeness (QED) is 0.474. The molecule has 2 nitrogen and oxygen atoms in total. The molecule has 3 atom stereocenters. The molecule has 0 spiro atoms. The first-order chi connectivity index (χ1) is 12.3. The van der Waals surface area contributed by atoms with Crippen molar-refractivity contribution in [3.05, 3.63) is 69.1 Å². The van der Waals surface area contributed by atoms with Gasteiger partial charge in [0.2, 0.25) is 0 Å². The maximum Gasteiger partial charge on any atom is 0.127 e. The van der Waals surface area contributed by atoms with Crippen molar-refractivity contribution in [2.45, 2.75) is 19.8 Å². The summed E-state index contributed by atoms with van der Waals surface area (Å²) in [5.74, 6) is 1.58. The number of rotatable bonds is 5. The second-order valence-electron chi connectivity index (χ2n) is 7.06. The molecule has 0 aliphatic heterocycles. The fraction of sp³-hybridized carbons (Fsp3) is 0.286. The van der Waals surface area contributed by atoms with Gasteiger partial charge in [-0.2, -0.15) is 5.26 Å². The summed E-state index contributed by atoms with van der Waals surface area (Å²) in [4.78, 5) is 0. The molecule has 1 aliphatic rings. The molecule has 1 saturated carbocycles. The first-order valence-corrected chi connectivity index (χ1v) is 9.83. The molecule has 3 rings (SSSR count). The van der Waals surface area contributed by atoms with Crippen molar-refractivity contribution in [1.29, 1.82) is 5.26 Å². The zero-order valence-corrected chi connectivity index (χ0v) is 17.5. The first kappa shape index (κ1) is 19.3. The highest BCUT2D eigenvalue weighted by Gasteiger charge is 2.60. The van der Waals surface area contributed by atoms with Crippen molar-refractivity contribution in [1.82, 2.24) is 0 Å². The topological polar surface area (TPSA) is 33.0 Å². The van der Waals surface area contributed by atoms with Crippen molar-refractivity contribution in [3.8, 4) is 17.6 Å². The molecule has 2 aromatic rings. The van der Waals surface area contributed by atoms with Crippen LogP contribution in [-0.4, -0.2) is 0 Å². The number of halogens is 3. The maximum atomic E-state index is 9.80. The molecule has 2 aromatic carbocycles. The highest BCUT2D eigenvalue weighted by molar-refractivity contribution is 9.10. The van der Waals surface area contributed by atoms with E-state index in [1.165, 1.54) is 0 Å². The van der Waals surface area contributed by atoms with Crippen LogP contribution in [0.1, 0.15) is 25.3 Å². The number of nitriles is 1. The normalized spacial score (nSPS) is 21.4. The molecule has 26 heavy (non-hydrogen) atoms. The zero-order chi connectivity index (χ0) is 18.9. The van der Waals surface area contributed by atoms with E-state index < -0.39 is 0 Å². The van der Waals surface area contributed by atoms with Crippen LogP contribution in [0.5, 0.6) is 11.5 Å². The monoisotopic (exact) mass is 449 g/mol. The summed E-state index contributed by atoms with van der Waals surface area (Å²) in [5.41, 5.74) is 0.930. The zero-order valence-electron chi connectivity index (χ0n) is 14.4. The second-order valence-corrected chi connectivity index (χ2v) is 8.99. The molecule has 1 aliphatic carbocycles. The van der Waals surface area contributed by atoms with Gasteiger partial charge in [0.05, 0.1) is 12.0 Å². The van der Waals surface area contributed by atoms with Gasteiger partial charge in [-0.25, -0.2) is 0 Å². The van der Waals surface area contributed by atoms with Crippen LogP contribution in [0.3, 0.4) is 0 Å². The molecule has 3 unspecified atom stereocenters. The van der Waals surface area contributed by atoms with Crippen LogP contribution in [0, 0.1) is 28.6 Å². The molecular weight excluding hydrogens is 433 g/mol. The van der Waals surface area contributed by atoms with Gasteiger partial charge in [0.1, 0.15) is 16.0 Å². The van der Waals surface area contributed by atoms with Crippen LogP contribution in [0.2, 0.25) is 0 Å². The summed E-state index contributed by atoms with van der Waals surface area (Å²) < 4.78 is 7.18. The second kappa shape index (κ2) is 7.64. The van der Waals surface area contributed by atoms with Gasteiger partial charge in [0.15, 0.2) is 0 Å². The Hall–Kier alpha value is -1.47. The van der Waals surface area contributed by atoms with E-state index in [1.54, 1.807) is 0 Å². The van der Waals surface area contributed by atoms with Gasteiger partial charge in [-0.3, -0.25) is 0 Å². The SMILES string of the molecule is CC1(C)C(C=C(Cl)Cl)C1C(C#N)c1cccc(Oc2ccc(Br)cc2)c1. The summed E-state index contributed by atoms with van der Waals surface area (Å²) in [6.45, 7) is 4.28. The van der Waals surface area contributed by atoms with Crippen molar-refractivity contribution in [2.75, 3.05) is 0 Å². The maximum absolute atomic E-state index is 9.80. The Bertz CT molecular complexity index is 866. The van der Waals surface area contributed by atoms with Crippen LogP contribution in [0.25, 0.3) is 0 Å². The van der Waals surface area contributed by atoms with Crippen LogP contribution >= 0.6 is 39.1 Å². The predicted molar refractivity (Wildman–Crippen MR) is 110 cm³/mol. The molecule has 0 bridgehead atoms. The summed E-state index contributed by atoms with van der Waals surface area (Å²) >= 11 is 15.1. The lowest BCUT2D eigenvalue weighted by molar-refractivity contribution is 0.479. The van der Waals surface area contributed by atoms with E-state index >= 15 is 0 Å². The summed E-state index contributed by atoms with van der Waals surface area (Å²) in [6.07, 6.45) is 1.85. The molecule has 0 radical (unpaired) electrons. The number of allylic oxidation sites excluding steroid dienone is 1. The van der Waals surface area contributed by atoms with Crippen LogP contribution < -0.4 is 4.74 Å². The largest absolute Gasteiger partial charge is 0.457 e. The van der Waals surface area contributed by atoms with Crippen LogP contribution in [0.4, 0.5) is 0 Å². The van der Waals surface area contributed by atoms with Gasteiger partial charge < -0.3 is 4.74 Å². The highest BCUT2D eigenvalue weighted by Crippen LogP contribution is 2.65. The molecule has 0 N–H and O–H groups in total. The molecule has 134 valence electrons. The van der Waals surface area contributed by atoms with Crippen molar-refractivity contribution < 1.29 is 4.74 Å². The first-order valence-electron chi connectivity index (χ1n) is 8.28. The number of ether oxygens (including phenoxy) is 1. The predicted octanol–water partition coefficient (Wildman–Crippen LogP) is 7.44. The average Bonchev–Trinajstić information content (AvgIpc) is 3.11. The van der Waals surface area contributed by atoms with Crippen LogP contribution in [0.15, 0.2) is 63.6 Å². The van der Waals surface area contributed by atoms with Crippen molar-refractivity contribution in [2.24, 2.45) is 17.3 Å². The lowest BCUT2D eigenvalue weighted by Crippen LogP contribution is -2.03. The molecular formula is C21H18BrCl2NO. The lowest BCUT2D eigenvalue weighted by atomic mass is 9.91. The van der Waals surface area contributed by atoms with Gasteiger partial charge in [-0.15, -0.1) is 0 Å². The molecule has 0 amide bonds. The Morgan fingerprint density at radius 3 is 2.50 bits per heavy atom. The number of nitrogens with zero attached hydrogens (tertiary/aromatic N) is 1. The molecule has 0 aromatic heterocycles. The Morgan fingerprint density at radius 1 is 1.19 bits per heavy atom. The van der Waals surface area contributed by atoms with E-state index in [2.05, 4.69) is 35.8 Å². The van der Waals surface area contributed by atoms with E-state index in [-0.39, 0.29) is 27.7 Å². The van der Waals surface area contributed by atoms with E-state index in [9.17, 15) is 5.26 Å². The molecule has 0 heterocycles. The third-order valence-corrected chi connectivity index (χ3v) is 5.85. The lowest BCUT2D eigenvalue weighted by Gasteiger charge is -2.13. The minimum Gasteiger partial charge on any atom is -0.457 e. The van der Waals surface area contributed by atoms with Crippen molar-refractivity contribution in [3.63, 3.8) is 0 Å². The molecule has 1 fully saturated rings. The Kier molecular flexibility index (Phi) is 5.67. The van der Waals surface area contributed by atoms with Crippen molar-refractivity contribution >= 4 is 39.1 Å². The Morgan fingerprint density at radius 2 is 1.88 bits per heavy atom. The fourth-order valence-corrected chi connectivity index (χ4v) is 4.12. The number of hydrogen-bond acceptors (Lipinski definition) is 2. The summed E-state index contributed by atoms with van der Waals surface area (Å²) in [7, 11) is 0. The number of hydrogen-bond donors (Lipinski definition) is 0. The van der Waals surface area contributed by atoms with Gasteiger partial charge >= 0.3 is 0 Å². The van der Waals surface area contributed by atoms with Gasteiger partial charge in [-0.1, -0.05) is 71.2 Å². The van der Waals surface area contributed by atoms with Gasteiger partial charge in [0, 0.05) is 4.47 Å². The van der Waals surface area contributed by atoms with E-state index in [1.807, 2.05) is 54.6 Å². The van der Waals surface area contributed by atoms with Gasteiger partial charge in [0.25, 0.3) is 0 Å². The smallest absolute Gasteiger partial charge is 0.127 e. The molecule has 5 heteroatoms. The van der Waals surface area contributed by atoms with Crippen LogP contribution in [-0.2, 0) is 0 Å². The standard InChI is InChI=1S/C21H18BrCl2NO/c1-21(2)18(11-19(23)24)20(21)17(12-25)13-4-3-5-16(10-13)26-15-8-6-14(22)7-9-15/h3-11,17-18,20H,1-2H3. The molecule has 0 saturated heterocycles. The fourth-order valence-electron chi connectivity index (χ4n) is 3.58. The third kappa shape index (κ3) is 4.09.